The highest BCUT2D eigenvalue weighted by atomic mass is 32.2. The molecule has 2 heterocycles. The highest BCUT2D eigenvalue weighted by Gasteiger charge is 2.31. The maximum absolute atomic E-state index is 12.7. The van der Waals surface area contributed by atoms with E-state index in [0.717, 1.165) is 12.1 Å². The number of likely N-dealkylation sites (N-methyl/N-ethyl adjacent to an activating group) is 1. The number of ether oxygens (including phenoxy) is 1. The summed E-state index contributed by atoms with van der Waals surface area (Å²) in [5.74, 6) is 0.774. The van der Waals surface area contributed by atoms with E-state index in [1.807, 2.05) is 6.92 Å². The second-order valence-corrected chi connectivity index (χ2v) is 7.22. The maximum atomic E-state index is 12.7. The number of alkyl halides is 3. The van der Waals surface area contributed by atoms with E-state index in [1.54, 1.807) is 18.2 Å². The number of thiocarbonyl (C=S) groups is 1. The summed E-state index contributed by atoms with van der Waals surface area (Å²) in [5, 5.41) is 0. The summed E-state index contributed by atoms with van der Waals surface area (Å²) >= 11 is 6.34. The van der Waals surface area contributed by atoms with Crippen LogP contribution in [0.5, 0.6) is 5.75 Å². The van der Waals surface area contributed by atoms with Crippen molar-refractivity contribution in [2.75, 3.05) is 6.54 Å². The second-order valence-electron chi connectivity index (χ2n) is 5.54. The van der Waals surface area contributed by atoms with Gasteiger partial charge >= 0.3 is 6.18 Å². The average Bonchev–Trinajstić information content (AvgIpc) is 3.17. The summed E-state index contributed by atoms with van der Waals surface area (Å²) in [6.45, 7) is 2.30. The van der Waals surface area contributed by atoms with Crippen molar-refractivity contribution in [2.24, 2.45) is 0 Å². The molecule has 0 atom stereocenters. The van der Waals surface area contributed by atoms with Crippen LogP contribution in [0, 0.1) is 0 Å². The molecule has 0 bridgehead atoms. The highest BCUT2D eigenvalue weighted by Crippen LogP contribution is 2.33. The number of benzene rings is 1. The largest absolute Gasteiger partial charge is 0.486 e. The van der Waals surface area contributed by atoms with Gasteiger partial charge < -0.3 is 9.15 Å². The Morgan fingerprint density at radius 1 is 1.30 bits per heavy atom. The minimum absolute atomic E-state index is 0.0366. The Bertz CT molecular complexity index is 905. The number of nitrogens with zero attached hydrogens (tertiary/aromatic N) is 1. The first kappa shape index (κ1) is 19.5. The van der Waals surface area contributed by atoms with Gasteiger partial charge in [0.05, 0.1) is 10.5 Å². The fourth-order valence-corrected chi connectivity index (χ4v) is 3.73. The Morgan fingerprint density at radius 2 is 2.07 bits per heavy atom. The average molecular weight is 413 g/mol. The number of carbonyl (C=O) groups is 1. The summed E-state index contributed by atoms with van der Waals surface area (Å²) < 4.78 is 49.6. The van der Waals surface area contributed by atoms with E-state index < -0.39 is 11.7 Å². The van der Waals surface area contributed by atoms with Gasteiger partial charge in [0, 0.05) is 12.6 Å². The van der Waals surface area contributed by atoms with Gasteiger partial charge in [-0.3, -0.25) is 9.69 Å². The third kappa shape index (κ3) is 4.54. The van der Waals surface area contributed by atoms with Crippen LogP contribution in [0.4, 0.5) is 13.2 Å². The molecule has 2 aromatic rings. The highest BCUT2D eigenvalue weighted by molar-refractivity contribution is 8.26. The van der Waals surface area contributed by atoms with Gasteiger partial charge in [0.1, 0.15) is 28.2 Å². The quantitative estimate of drug-likeness (QED) is 0.504. The smallest absolute Gasteiger partial charge is 0.416 e. The molecule has 3 rings (SSSR count). The lowest BCUT2D eigenvalue weighted by Crippen LogP contribution is -2.27. The lowest BCUT2D eigenvalue weighted by Gasteiger charge is -2.09. The molecule has 1 saturated heterocycles. The van der Waals surface area contributed by atoms with Crippen LogP contribution < -0.4 is 4.74 Å². The molecule has 4 nitrogen and oxygen atoms in total. The van der Waals surface area contributed by atoms with Crippen molar-refractivity contribution in [3.05, 3.63) is 58.4 Å². The fraction of sp³-hybridized carbons (Fsp3) is 0.222. The van der Waals surface area contributed by atoms with Crippen molar-refractivity contribution in [2.45, 2.75) is 19.7 Å². The number of carbonyl (C=O) groups excluding carboxylic acids is 1. The minimum Gasteiger partial charge on any atom is -0.486 e. The lowest BCUT2D eigenvalue weighted by molar-refractivity contribution is -0.137. The van der Waals surface area contributed by atoms with Gasteiger partial charge in [0.15, 0.2) is 0 Å². The normalized spacial score (nSPS) is 16.4. The van der Waals surface area contributed by atoms with Crippen LogP contribution in [0.3, 0.4) is 0 Å². The predicted molar refractivity (Wildman–Crippen MR) is 100 cm³/mol. The van der Waals surface area contributed by atoms with Crippen LogP contribution in [0.25, 0.3) is 6.08 Å². The number of hydrogen-bond donors (Lipinski definition) is 0. The number of amides is 1. The predicted octanol–water partition coefficient (Wildman–Crippen LogP) is 5.10. The first-order chi connectivity index (χ1) is 12.8. The van der Waals surface area contributed by atoms with Gasteiger partial charge in [0.25, 0.3) is 5.91 Å². The van der Waals surface area contributed by atoms with Crippen molar-refractivity contribution in [1.29, 1.82) is 0 Å². The molecule has 1 aliphatic heterocycles. The molecule has 0 unspecified atom stereocenters. The monoisotopic (exact) mass is 413 g/mol. The van der Waals surface area contributed by atoms with Crippen LogP contribution in [0.2, 0.25) is 0 Å². The molecule has 1 aromatic carbocycles. The van der Waals surface area contributed by atoms with Gasteiger partial charge in [-0.15, -0.1) is 0 Å². The summed E-state index contributed by atoms with van der Waals surface area (Å²) in [6, 6.07) is 7.92. The molecule has 0 radical (unpaired) electrons. The summed E-state index contributed by atoms with van der Waals surface area (Å²) in [4.78, 5) is 14.1. The fourth-order valence-electron chi connectivity index (χ4n) is 2.37. The molecule has 142 valence electrons. The Morgan fingerprint density at radius 3 is 2.74 bits per heavy atom. The number of furan rings is 1. The topological polar surface area (TPSA) is 42.7 Å². The molecule has 1 aromatic heterocycles. The first-order valence-corrected chi connectivity index (χ1v) is 9.14. The van der Waals surface area contributed by atoms with Crippen molar-refractivity contribution in [1.82, 2.24) is 4.90 Å². The molecule has 0 aliphatic carbocycles. The van der Waals surface area contributed by atoms with Crippen molar-refractivity contribution >= 4 is 40.3 Å². The summed E-state index contributed by atoms with van der Waals surface area (Å²) in [6.07, 6.45) is -2.84. The van der Waals surface area contributed by atoms with E-state index in [2.05, 4.69) is 0 Å². The Labute approximate surface area is 163 Å². The van der Waals surface area contributed by atoms with E-state index >= 15 is 0 Å². The molecule has 1 fully saturated rings. The van der Waals surface area contributed by atoms with Crippen LogP contribution in [-0.4, -0.2) is 21.7 Å². The van der Waals surface area contributed by atoms with E-state index in [1.165, 1.54) is 28.8 Å². The molecular weight excluding hydrogens is 399 g/mol. The molecule has 0 N–H and O–H groups in total. The van der Waals surface area contributed by atoms with Crippen molar-refractivity contribution in [3.63, 3.8) is 0 Å². The maximum Gasteiger partial charge on any atom is 0.416 e. The van der Waals surface area contributed by atoms with Gasteiger partial charge in [0.2, 0.25) is 0 Å². The van der Waals surface area contributed by atoms with Crippen LogP contribution in [0.1, 0.15) is 24.0 Å². The SMILES string of the molecule is CCN1C(=O)C(=Cc2ccc(COc3cccc(C(F)(F)F)c3)o2)SC1=S. The van der Waals surface area contributed by atoms with E-state index in [9.17, 15) is 18.0 Å². The Hall–Kier alpha value is -2.26. The van der Waals surface area contributed by atoms with Crippen molar-refractivity contribution in [3.8, 4) is 5.75 Å². The zero-order valence-electron chi connectivity index (χ0n) is 14.1. The third-order valence-electron chi connectivity index (χ3n) is 3.69. The Kier molecular flexibility index (Phi) is 5.61. The number of thioether (sulfide) groups is 1. The van der Waals surface area contributed by atoms with Gasteiger partial charge in [-0.25, -0.2) is 0 Å². The first-order valence-electron chi connectivity index (χ1n) is 7.92. The molecule has 1 aliphatic rings. The minimum atomic E-state index is -4.43. The molecule has 0 saturated carbocycles. The van der Waals surface area contributed by atoms with Gasteiger partial charge in [-0.1, -0.05) is 30.0 Å². The second kappa shape index (κ2) is 7.77. The summed E-state index contributed by atoms with van der Waals surface area (Å²) in [7, 11) is 0. The zero-order chi connectivity index (χ0) is 19.6. The molecular formula is C18H14F3NO3S2. The van der Waals surface area contributed by atoms with E-state index in [0.29, 0.717) is 27.3 Å². The van der Waals surface area contributed by atoms with E-state index in [4.69, 9.17) is 21.4 Å². The van der Waals surface area contributed by atoms with Gasteiger partial charge in [-0.05, 0) is 37.3 Å². The summed E-state index contributed by atoms with van der Waals surface area (Å²) in [5.41, 5.74) is -0.780. The third-order valence-corrected chi connectivity index (χ3v) is 5.07. The molecule has 0 spiro atoms. The van der Waals surface area contributed by atoms with Crippen LogP contribution in [0.15, 0.2) is 45.7 Å². The number of halogens is 3. The van der Waals surface area contributed by atoms with Crippen molar-refractivity contribution < 1.29 is 27.1 Å². The molecule has 27 heavy (non-hydrogen) atoms. The lowest BCUT2D eigenvalue weighted by atomic mass is 10.2. The Balaban J connectivity index is 1.66. The standard InChI is InChI=1S/C18H14F3NO3S2/c1-2-22-16(23)15(27-17(22)26)9-13-6-7-14(25-13)10-24-12-5-3-4-11(8-12)18(19,20)21/h3-9H,2,10H2,1H3. The van der Waals surface area contributed by atoms with Crippen LogP contribution >= 0.6 is 24.0 Å². The number of rotatable bonds is 5. The number of hydrogen-bond acceptors (Lipinski definition) is 5. The molecule has 1 amide bonds. The van der Waals surface area contributed by atoms with Crippen LogP contribution in [-0.2, 0) is 17.6 Å². The molecule has 9 heteroatoms. The zero-order valence-corrected chi connectivity index (χ0v) is 15.7. The van der Waals surface area contributed by atoms with E-state index in [-0.39, 0.29) is 18.3 Å². The van der Waals surface area contributed by atoms with Gasteiger partial charge in [-0.2, -0.15) is 13.2 Å².